The third-order valence-corrected chi connectivity index (χ3v) is 3.45. The first-order valence-electron chi connectivity index (χ1n) is 4.50. The molecule has 1 aromatic carbocycles. The number of benzene rings is 1. The lowest BCUT2D eigenvalue weighted by Gasteiger charge is -2.23. The molecule has 80 valence electrons. The van der Waals surface area contributed by atoms with Crippen molar-refractivity contribution in [3.63, 3.8) is 0 Å². The van der Waals surface area contributed by atoms with Crippen LogP contribution in [0.3, 0.4) is 0 Å². The standard InChI is InChI=1S/C10H9BrClNO2/c11-7-2-1-6(3-8(7)12)9-4-13-10(14)5-15-9/h1-3,9H,4-5H2,(H,13,14)/t9-/m1/s1. The fourth-order valence-corrected chi connectivity index (χ4v) is 1.86. The summed E-state index contributed by atoms with van der Waals surface area (Å²) < 4.78 is 6.24. The second-order valence-electron chi connectivity index (χ2n) is 3.28. The maximum Gasteiger partial charge on any atom is 0.246 e. The van der Waals surface area contributed by atoms with Crippen molar-refractivity contribution in [3.05, 3.63) is 33.3 Å². The van der Waals surface area contributed by atoms with Crippen LogP contribution >= 0.6 is 27.5 Å². The lowest BCUT2D eigenvalue weighted by atomic mass is 10.1. The van der Waals surface area contributed by atoms with Crippen molar-refractivity contribution in [1.29, 1.82) is 0 Å². The molecule has 1 N–H and O–H groups in total. The lowest BCUT2D eigenvalue weighted by Crippen LogP contribution is -2.38. The third kappa shape index (κ3) is 2.51. The van der Waals surface area contributed by atoms with Gasteiger partial charge >= 0.3 is 0 Å². The van der Waals surface area contributed by atoms with Gasteiger partial charge in [-0.3, -0.25) is 4.79 Å². The van der Waals surface area contributed by atoms with E-state index in [2.05, 4.69) is 21.2 Å². The number of carbonyl (C=O) groups excluding carboxylic acids is 1. The summed E-state index contributed by atoms with van der Waals surface area (Å²) in [6, 6.07) is 5.64. The number of morpholine rings is 1. The predicted molar refractivity (Wildman–Crippen MR) is 60.9 cm³/mol. The average molecular weight is 291 g/mol. The molecule has 0 saturated carbocycles. The number of ether oxygens (including phenoxy) is 1. The molecule has 15 heavy (non-hydrogen) atoms. The molecule has 5 heteroatoms. The van der Waals surface area contributed by atoms with E-state index in [0.717, 1.165) is 10.0 Å². The second kappa shape index (κ2) is 4.51. The highest BCUT2D eigenvalue weighted by Gasteiger charge is 2.20. The van der Waals surface area contributed by atoms with E-state index in [4.69, 9.17) is 16.3 Å². The van der Waals surface area contributed by atoms with Crippen LogP contribution in [0.15, 0.2) is 22.7 Å². The molecule has 0 radical (unpaired) electrons. The van der Waals surface area contributed by atoms with Gasteiger partial charge in [-0.1, -0.05) is 17.7 Å². The summed E-state index contributed by atoms with van der Waals surface area (Å²) >= 11 is 9.29. The van der Waals surface area contributed by atoms with Crippen LogP contribution in [0.4, 0.5) is 0 Å². The number of halogens is 2. The zero-order valence-electron chi connectivity index (χ0n) is 7.80. The zero-order valence-corrected chi connectivity index (χ0v) is 10.1. The zero-order chi connectivity index (χ0) is 10.8. The van der Waals surface area contributed by atoms with Crippen molar-refractivity contribution >= 4 is 33.4 Å². The minimum absolute atomic E-state index is 0.0746. The first-order chi connectivity index (χ1) is 7.16. The van der Waals surface area contributed by atoms with Crippen molar-refractivity contribution in [1.82, 2.24) is 5.32 Å². The Morgan fingerprint density at radius 2 is 2.33 bits per heavy atom. The highest BCUT2D eigenvalue weighted by Crippen LogP contribution is 2.27. The minimum atomic E-state index is -0.103. The van der Waals surface area contributed by atoms with Crippen molar-refractivity contribution in [2.75, 3.05) is 13.2 Å². The third-order valence-electron chi connectivity index (χ3n) is 2.22. The van der Waals surface area contributed by atoms with Gasteiger partial charge in [0.25, 0.3) is 0 Å². The Hall–Kier alpha value is -0.580. The van der Waals surface area contributed by atoms with Crippen LogP contribution in [0.25, 0.3) is 0 Å². The molecule has 1 heterocycles. The van der Waals surface area contributed by atoms with E-state index in [1.165, 1.54) is 0 Å². The molecular weight excluding hydrogens is 281 g/mol. The van der Waals surface area contributed by atoms with Gasteiger partial charge in [0.2, 0.25) is 5.91 Å². The molecule has 0 bridgehead atoms. The largest absolute Gasteiger partial charge is 0.362 e. The molecule has 1 aromatic rings. The average Bonchev–Trinajstić information content (AvgIpc) is 2.23. The Morgan fingerprint density at radius 3 is 2.93 bits per heavy atom. The summed E-state index contributed by atoms with van der Waals surface area (Å²) in [5.74, 6) is -0.0746. The van der Waals surface area contributed by atoms with Crippen molar-refractivity contribution in [3.8, 4) is 0 Å². The van der Waals surface area contributed by atoms with Gasteiger partial charge in [-0.05, 0) is 33.6 Å². The molecule has 0 aromatic heterocycles. The summed E-state index contributed by atoms with van der Waals surface area (Å²) in [5.41, 5.74) is 0.975. The van der Waals surface area contributed by atoms with E-state index in [9.17, 15) is 4.79 Å². The number of hydrogen-bond acceptors (Lipinski definition) is 2. The van der Waals surface area contributed by atoms with Crippen LogP contribution < -0.4 is 5.32 Å². The van der Waals surface area contributed by atoms with Crippen molar-refractivity contribution in [2.45, 2.75) is 6.10 Å². The Balaban J connectivity index is 2.16. The smallest absolute Gasteiger partial charge is 0.246 e. The maximum atomic E-state index is 10.9. The molecule has 0 unspecified atom stereocenters. The summed E-state index contributed by atoms with van der Waals surface area (Å²) in [5, 5.41) is 3.39. The summed E-state index contributed by atoms with van der Waals surface area (Å²) in [6.07, 6.45) is -0.103. The highest BCUT2D eigenvalue weighted by atomic mass is 79.9. The second-order valence-corrected chi connectivity index (χ2v) is 4.54. The van der Waals surface area contributed by atoms with Crippen molar-refractivity contribution in [2.24, 2.45) is 0 Å². The summed E-state index contributed by atoms with van der Waals surface area (Å²) in [4.78, 5) is 10.9. The highest BCUT2D eigenvalue weighted by molar-refractivity contribution is 9.10. The van der Waals surface area contributed by atoms with Gasteiger partial charge in [0.15, 0.2) is 0 Å². The Morgan fingerprint density at radius 1 is 1.53 bits per heavy atom. The van der Waals surface area contributed by atoms with Gasteiger partial charge in [-0.2, -0.15) is 0 Å². The number of rotatable bonds is 1. The van der Waals surface area contributed by atoms with E-state index >= 15 is 0 Å². The van der Waals surface area contributed by atoms with E-state index < -0.39 is 0 Å². The Kier molecular flexibility index (Phi) is 3.29. The number of carbonyl (C=O) groups is 1. The van der Waals surface area contributed by atoms with Gasteiger partial charge in [0.05, 0.1) is 5.02 Å². The maximum absolute atomic E-state index is 10.9. The van der Waals surface area contributed by atoms with Crippen LogP contribution in [-0.4, -0.2) is 19.1 Å². The predicted octanol–water partition coefficient (Wildman–Crippen LogP) is 2.29. The molecule has 2 rings (SSSR count). The molecule has 1 aliphatic heterocycles. The van der Waals surface area contributed by atoms with E-state index in [-0.39, 0.29) is 18.6 Å². The lowest BCUT2D eigenvalue weighted by molar-refractivity contribution is -0.133. The topological polar surface area (TPSA) is 38.3 Å². The van der Waals surface area contributed by atoms with Gasteiger partial charge in [0.1, 0.15) is 12.7 Å². The first kappa shape index (κ1) is 10.9. The molecule has 0 spiro atoms. The van der Waals surface area contributed by atoms with Crippen LogP contribution in [-0.2, 0) is 9.53 Å². The molecule has 1 fully saturated rings. The normalized spacial score (nSPS) is 21.2. The number of amides is 1. The molecule has 1 atom stereocenters. The minimum Gasteiger partial charge on any atom is -0.362 e. The van der Waals surface area contributed by atoms with E-state index in [1.54, 1.807) is 0 Å². The fourth-order valence-electron chi connectivity index (χ4n) is 1.42. The van der Waals surface area contributed by atoms with Gasteiger partial charge in [-0.15, -0.1) is 0 Å². The van der Waals surface area contributed by atoms with Gasteiger partial charge in [-0.25, -0.2) is 0 Å². The number of nitrogens with one attached hydrogen (secondary N) is 1. The SMILES string of the molecule is O=C1CO[C@@H](c2ccc(Br)c(Cl)c2)CN1. The number of hydrogen-bond donors (Lipinski definition) is 1. The molecule has 3 nitrogen and oxygen atoms in total. The Labute approximate surface area is 101 Å². The van der Waals surface area contributed by atoms with E-state index in [1.807, 2.05) is 18.2 Å². The van der Waals surface area contributed by atoms with Crippen molar-refractivity contribution < 1.29 is 9.53 Å². The van der Waals surface area contributed by atoms with Crippen LogP contribution in [0.1, 0.15) is 11.7 Å². The Bertz CT molecular complexity index is 387. The first-order valence-corrected chi connectivity index (χ1v) is 5.67. The van der Waals surface area contributed by atoms with Gasteiger partial charge < -0.3 is 10.1 Å². The molecule has 1 aliphatic rings. The summed E-state index contributed by atoms with van der Waals surface area (Å²) in [7, 11) is 0. The molecular formula is C10H9BrClNO2. The van der Waals surface area contributed by atoms with Crippen LogP contribution in [0.2, 0.25) is 5.02 Å². The van der Waals surface area contributed by atoms with Crippen LogP contribution in [0.5, 0.6) is 0 Å². The van der Waals surface area contributed by atoms with Crippen LogP contribution in [0, 0.1) is 0 Å². The molecule has 1 amide bonds. The fraction of sp³-hybridized carbons (Fsp3) is 0.300. The van der Waals surface area contributed by atoms with Gasteiger partial charge in [0, 0.05) is 11.0 Å². The quantitative estimate of drug-likeness (QED) is 0.862. The van der Waals surface area contributed by atoms with E-state index in [0.29, 0.717) is 11.6 Å². The summed E-state index contributed by atoms with van der Waals surface area (Å²) in [6.45, 7) is 0.606. The monoisotopic (exact) mass is 289 g/mol. The molecule has 1 saturated heterocycles. The molecule has 0 aliphatic carbocycles.